The topological polar surface area (TPSA) is 78.5 Å². The van der Waals surface area contributed by atoms with Gasteiger partial charge in [-0.05, 0) is 24.8 Å². The number of thioether (sulfide) groups is 1. The highest BCUT2D eigenvalue weighted by Gasteiger charge is 2.38. The maximum Gasteiger partial charge on any atom is 0.325 e. The lowest BCUT2D eigenvalue weighted by atomic mass is 10.2. The zero-order valence-electron chi connectivity index (χ0n) is 12.6. The average molecular weight is 321 g/mol. The zero-order valence-corrected chi connectivity index (χ0v) is 13.4. The molecule has 1 heterocycles. The smallest absolute Gasteiger partial charge is 0.325 e. The van der Waals surface area contributed by atoms with Crippen molar-refractivity contribution in [2.75, 3.05) is 18.1 Å². The Hall–Kier alpha value is -2.02. The Morgan fingerprint density at radius 1 is 1.36 bits per heavy atom. The number of rotatable bonds is 6. The van der Waals surface area contributed by atoms with Crippen LogP contribution in [-0.2, 0) is 9.59 Å². The summed E-state index contributed by atoms with van der Waals surface area (Å²) in [5.41, 5.74) is 0.678. The summed E-state index contributed by atoms with van der Waals surface area (Å²) in [6.45, 7) is 1.67. The summed E-state index contributed by atoms with van der Waals surface area (Å²) < 4.78 is 0. The number of imide groups is 1. The summed E-state index contributed by atoms with van der Waals surface area (Å²) in [6.07, 6.45) is 3.29. The Morgan fingerprint density at radius 3 is 2.77 bits per heavy atom. The Morgan fingerprint density at radius 2 is 2.09 bits per heavy atom. The van der Waals surface area contributed by atoms with Gasteiger partial charge in [-0.15, -0.1) is 11.8 Å². The van der Waals surface area contributed by atoms with E-state index in [-0.39, 0.29) is 18.4 Å². The van der Waals surface area contributed by atoms with Crippen molar-refractivity contribution >= 4 is 35.3 Å². The number of nitrogens with one attached hydrogen (secondary N) is 2. The fourth-order valence-corrected chi connectivity index (χ4v) is 2.85. The van der Waals surface area contributed by atoms with E-state index in [1.807, 2.05) is 31.4 Å². The molecule has 1 aliphatic rings. The second-order valence-electron chi connectivity index (χ2n) is 4.96. The number of hydrogen-bond donors (Lipinski definition) is 2. The lowest BCUT2D eigenvalue weighted by molar-refractivity contribution is -0.130. The Balaban J connectivity index is 2.00. The van der Waals surface area contributed by atoms with E-state index < -0.39 is 12.1 Å². The molecule has 0 unspecified atom stereocenters. The van der Waals surface area contributed by atoms with E-state index in [1.54, 1.807) is 6.07 Å². The molecule has 0 aliphatic carbocycles. The van der Waals surface area contributed by atoms with Gasteiger partial charge >= 0.3 is 6.03 Å². The number of carbonyl (C=O) groups excluding carboxylic acids is 3. The minimum absolute atomic E-state index is 0.270. The number of carbonyl (C=O) groups is 3. The van der Waals surface area contributed by atoms with Crippen molar-refractivity contribution in [2.24, 2.45) is 0 Å². The van der Waals surface area contributed by atoms with Gasteiger partial charge in [0.1, 0.15) is 12.6 Å². The Labute approximate surface area is 133 Å². The summed E-state index contributed by atoms with van der Waals surface area (Å²) in [4.78, 5) is 37.9. The van der Waals surface area contributed by atoms with Gasteiger partial charge in [-0.3, -0.25) is 14.5 Å². The maximum absolute atomic E-state index is 12.1. The second-order valence-corrected chi connectivity index (χ2v) is 5.81. The molecule has 1 aromatic rings. The van der Waals surface area contributed by atoms with Crippen LogP contribution < -0.4 is 10.6 Å². The first-order valence-corrected chi connectivity index (χ1v) is 8.34. The molecule has 1 saturated heterocycles. The SMILES string of the molecule is CCC[C@@H]1NC(=O)N(CC(=O)Nc2ccccc2SC)C1=O. The van der Waals surface area contributed by atoms with Crippen LogP contribution in [0.3, 0.4) is 0 Å². The first kappa shape index (κ1) is 16.4. The lowest BCUT2D eigenvalue weighted by Gasteiger charge is -2.14. The van der Waals surface area contributed by atoms with Gasteiger partial charge in [0.15, 0.2) is 0 Å². The molecule has 4 amide bonds. The van der Waals surface area contributed by atoms with Crippen molar-refractivity contribution in [1.82, 2.24) is 10.2 Å². The van der Waals surface area contributed by atoms with Gasteiger partial charge in [0.2, 0.25) is 5.91 Å². The summed E-state index contributed by atoms with van der Waals surface area (Å²) in [7, 11) is 0. The molecule has 0 spiro atoms. The van der Waals surface area contributed by atoms with Crippen LogP contribution in [0.2, 0.25) is 0 Å². The van der Waals surface area contributed by atoms with Gasteiger partial charge in [-0.1, -0.05) is 25.5 Å². The summed E-state index contributed by atoms with van der Waals surface area (Å²) in [6, 6.07) is 6.37. The molecule has 1 aliphatic heterocycles. The monoisotopic (exact) mass is 321 g/mol. The molecule has 2 N–H and O–H groups in total. The van der Waals surface area contributed by atoms with Crippen molar-refractivity contribution in [3.8, 4) is 0 Å². The molecule has 7 heteroatoms. The molecule has 0 aromatic heterocycles. The molecule has 2 rings (SSSR count). The fourth-order valence-electron chi connectivity index (χ4n) is 2.29. The largest absolute Gasteiger partial charge is 0.326 e. The van der Waals surface area contributed by atoms with Gasteiger partial charge in [0, 0.05) is 4.90 Å². The molecule has 22 heavy (non-hydrogen) atoms. The van der Waals surface area contributed by atoms with Crippen LogP contribution in [0.15, 0.2) is 29.2 Å². The van der Waals surface area contributed by atoms with Gasteiger partial charge in [0.25, 0.3) is 5.91 Å². The van der Waals surface area contributed by atoms with Crippen LogP contribution in [0, 0.1) is 0 Å². The van der Waals surface area contributed by atoms with Crippen LogP contribution >= 0.6 is 11.8 Å². The molecule has 0 radical (unpaired) electrons. The van der Waals surface area contributed by atoms with Gasteiger partial charge in [-0.2, -0.15) is 0 Å². The van der Waals surface area contributed by atoms with E-state index in [0.717, 1.165) is 16.2 Å². The van der Waals surface area contributed by atoms with Crippen molar-refractivity contribution in [1.29, 1.82) is 0 Å². The zero-order chi connectivity index (χ0) is 16.1. The third-order valence-electron chi connectivity index (χ3n) is 3.37. The molecule has 1 aromatic carbocycles. The molecular formula is C15H19N3O3S. The number of benzene rings is 1. The third-order valence-corrected chi connectivity index (χ3v) is 4.16. The highest BCUT2D eigenvalue weighted by Crippen LogP contribution is 2.24. The van der Waals surface area contributed by atoms with Crippen LogP contribution in [0.4, 0.5) is 10.5 Å². The summed E-state index contributed by atoms with van der Waals surface area (Å²) in [5, 5.41) is 5.34. The van der Waals surface area contributed by atoms with Crippen LogP contribution in [0.25, 0.3) is 0 Å². The average Bonchev–Trinajstić information content (AvgIpc) is 2.76. The summed E-state index contributed by atoms with van der Waals surface area (Å²) >= 11 is 1.51. The number of urea groups is 1. The number of anilines is 1. The molecule has 1 fully saturated rings. The molecular weight excluding hydrogens is 302 g/mol. The highest BCUT2D eigenvalue weighted by molar-refractivity contribution is 7.98. The number of nitrogens with zero attached hydrogens (tertiary/aromatic N) is 1. The van der Waals surface area contributed by atoms with Gasteiger partial charge in [0.05, 0.1) is 5.69 Å². The number of hydrogen-bond acceptors (Lipinski definition) is 4. The number of amides is 4. The van der Waals surface area contributed by atoms with Crippen LogP contribution in [0.5, 0.6) is 0 Å². The predicted octanol–water partition coefficient (Wildman–Crippen LogP) is 2.07. The van der Waals surface area contributed by atoms with E-state index in [1.165, 1.54) is 11.8 Å². The number of para-hydroxylation sites is 1. The van der Waals surface area contributed by atoms with Crippen molar-refractivity contribution in [3.63, 3.8) is 0 Å². The van der Waals surface area contributed by atoms with E-state index in [9.17, 15) is 14.4 Å². The molecule has 6 nitrogen and oxygen atoms in total. The van der Waals surface area contributed by atoms with Crippen molar-refractivity contribution in [3.05, 3.63) is 24.3 Å². The minimum Gasteiger partial charge on any atom is -0.326 e. The molecule has 1 atom stereocenters. The quantitative estimate of drug-likeness (QED) is 0.621. The molecule has 118 valence electrons. The highest BCUT2D eigenvalue weighted by atomic mass is 32.2. The van der Waals surface area contributed by atoms with E-state index >= 15 is 0 Å². The van der Waals surface area contributed by atoms with E-state index in [2.05, 4.69) is 10.6 Å². The normalized spacial score (nSPS) is 17.5. The lowest BCUT2D eigenvalue weighted by Crippen LogP contribution is -2.38. The molecule has 0 saturated carbocycles. The van der Waals surface area contributed by atoms with E-state index in [4.69, 9.17) is 0 Å². The van der Waals surface area contributed by atoms with Crippen LogP contribution in [0.1, 0.15) is 19.8 Å². The first-order chi connectivity index (χ1) is 10.6. The Kier molecular flexibility index (Phi) is 5.43. The van der Waals surface area contributed by atoms with Gasteiger partial charge < -0.3 is 10.6 Å². The van der Waals surface area contributed by atoms with Crippen molar-refractivity contribution < 1.29 is 14.4 Å². The standard InChI is InChI=1S/C15H19N3O3S/c1-3-6-11-14(20)18(15(21)17-11)9-13(19)16-10-7-4-5-8-12(10)22-2/h4-5,7-8,11H,3,6,9H2,1-2H3,(H,16,19)(H,17,21)/t11-/m0/s1. The Bertz CT molecular complexity index is 591. The first-order valence-electron chi connectivity index (χ1n) is 7.11. The maximum atomic E-state index is 12.1. The fraction of sp³-hybridized carbons (Fsp3) is 0.400. The summed E-state index contributed by atoms with van der Waals surface area (Å²) in [5.74, 6) is -0.720. The van der Waals surface area contributed by atoms with Crippen LogP contribution in [-0.4, -0.2) is 41.6 Å². The minimum atomic E-state index is -0.510. The van der Waals surface area contributed by atoms with Gasteiger partial charge in [-0.25, -0.2) is 4.79 Å². The predicted molar refractivity (Wildman–Crippen MR) is 85.8 cm³/mol. The third kappa shape index (κ3) is 3.59. The van der Waals surface area contributed by atoms with E-state index in [0.29, 0.717) is 12.1 Å². The van der Waals surface area contributed by atoms with Crippen molar-refractivity contribution in [2.45, 2.75) is 30.7 Å². The molecule has 0 bridgehead atoms. The second kappa shape index (κ2) is 7.31.